The number of benzene rings is 1. The third-order valence-electron chi connectivity index (χ3n) is 2.64. The highest BCUT2D eigenvalue weighted by Crippen LogP contribution is 2.22. The van der Waals surface area contributed by atoms with Crippen LogP contribution in [0.25, 0.3) is 0 Å². The summed E-state index contributed by atoms with van der Waals surface area (Å²) in [5.74, 6) is -1.30. The molecule has 0 aliphatic heterocycles. The highest BCUT2D eigenvalue weighted by molar-refractivity contribution is 7.92. The van der Waals surface area contributed by atoms with Crippen molar-refractivity contribution in [3.63, 3.8) is 0 Å². The lowest BCUT2D eigenvalue weighted by Gasteiger charge is -2.09. The van der Waals surface area contributed by atoms with Crippen molar-refractivity contribution < 1.29 is 18.3 Å². The Morgan fingerprint density at radius 3 is 2.57 bits per heavy atom. The second-order valence-corrected chi connectivity index (χ2v) is 6.33. The number of aryl methyl sites for hydroxylation is 1. The van der Waals surface area contributed by atoms with Gasteiger partial charge in [-0.3, -0.25) is 9.71 Å². The molecule has 1 aromatic carbocycles. The molecule has 0 radical (unpaired) electrons. The molecule has 0 saturated heterocycles. The van der Waals surface area contributed by atoms with Crippen LogP contribution in [0.1, 0.15) is 16.1 Å². The first-order chi connectivity index (χ1) is 9.79. The minimum Gasteiger partial charge on any atom is -0.478 e. The lowest BCUT2D eigenvalue weighted by molar-refractivity contribution is 0.0697. The number of hydrogen-bond donors (Lipinski definition) is 2. The van der Waals surface area contributed by atoms with Crippen molar-refractivity contribution in [1.82, 2.24) is 4.98 Å². The third kappa shape index (κ3) is 3.50. The number of pyridine rings is 1. The largest absolute Gasteiger partial charge is 0.478 e. The normalized spacial score (nSPS) is 11.1. The molecule has 0 spiro atoms. The summed E-state index contributed by atoms with van der Waals surface area (Å²) in [5.41, 5.74) is 0.756. The lowest BCUT2D eigenvalue weighted by Crippen LogP contribution is -2.14. The fourth-order valence-corrected chi connectivity index (χ4v) is 2.85. The third-order valence-corrected chi connectivity index (χ3v) is 4.35. The smallest absolute Gasteiger partial charge is 0.337 e. The van der Waals surface area contributed by atoms with E-state index in [2.05, 4.69) is 9.71 Å². The summed E-state index contributed by atoms with van der Waals surface area (Å²) >= 11 is 5.71. The zero-order valence-corrected chi connectivity index (χ0v) is 12.4. The minimum atomic E-state index is -3.91. The molecule has 0 bridgehead atoms. The number of aromatic carboxylic acids is 1. The number of aromatic nitrogens is 1. The maximum Gasteiger partial charge on any atom is 0.337 e. The number of halogens is 1. The van der Waals surface area contributed by atoms with Crippen LogP contribution in [0.3, 0.4) is 0 Å². The quantitative estimate of drug-likeness (QED) is 0.900. The molecule has 0 unspecified atom stereocenters. The van der Waals surface area contributed by atoms with E-state index in [4.69, 9.17) is 16.7 Å². The maximum atomic E-state index is 12.2. The highest BCUT2D eigenvalue weighted by atomic mass is 35.5. The molecule has 110 valence electrons. The number of carboxylic acid groups (broad SMARTS) is 1. The molecule has 1 aromatic heterocycles. The molecule has 8 heteroatoms. The molecule has 2 rings (SSSR count). The average molecular weight is 327 g/mol. The van der Waals surface area contributed by atoms with Gasteiger partial charge in [0.25, 0.3) is 10.0 Å². The first kappa shape index (κ1) is 15.3. The minimum absolute atomic E-state index is 0.0292. The second-order valence-electron chi connectivity index (χ2n) is 4.24. The van der Waals surface area contributed by atoms with Crippen molar-refractivity contribution in [2.45, 2.75) is 11.8 Å². The van der Waals surface area contributed by atoms with E-state index >= 15 is 0 Å². The van der Waals surface area contributed by atoms with E-state index in [-0.39, 0.29) is 21.2 Å². The summed E-state index contributed by atoms with van der Waals surface area (Å²) in [4.78, 5) is 14.8. The standard InChI is InChI=1S/C13H11ClN2O4S/c1-8-2-3-9(7-15-8)16-21(19,20)10-4-5-12(14)11(6-10)13(17)18/h2-7,16H,1H3,(H,17,18). The Bertz CT molecular complexity index is 788. The van der Waals surface area contributed by atoms with Crippen molar-refractivity contribution in [2.24, 2.45) is 0 Å². The molecule has 21 heavy (non-hydrogen) atoms. The number of rotatable bonds is 4. The topological polar surface area (TPSA) is 96.4 Å². The van der Waals surface area contributed by atoms with Crippen molar-refractivity contribution in [3.05, 3.63) is 52.8 Å². The molecule has 2 N–H and O–H groups in total. The summed E-state index contributed by atoms with van der Waals surface area (Å²) in [6, 6.07) is 6.69. The van der Waals surface area contributed by atoms with E-state index in [0.29, 0.717) is 0 Å². The van der Waals surface area contributed by atoms with Crippen LogP contribution >= 0.6 is 11.6 Å². The summed E-state index contributed by atoms with van der Waals surface area (Å²) in [6.07, 6.45) is 1.38. The van der Waals surface area contributed by atoms with E-state index in [0.717, 1.165) is 11.8 Å². The van der Waals surface area contributed by atoms with Gasteiger partial charge >= 0.3 is 5.97 Å². The Labute approximate surface area is 126 Å². The Hall–Kier alpha value is -2.12. The molecular formula is C13H11ClN2O4S. The van der Waals surface area contributed by atoms with E-state index in [1.807, 2.05) is 0 Å². The van der Waals surface area contributed by atoms with Crippen LogP contribution in [0.4, 0.5) is 5.69 Å². The Morgan fingerprint density at radius 2 is 2.00 bits per heavy atom. The van der Waals surface area contributed by atoms with E-state index in [1.54, 1.807) is 19.1 Å². The zero-order valence-electron chi connectivity index (χ0n) is 10.9. The maximum absolute atomic E-state index is 12.2. The van der Waals surface area contributed by atoms with Crippen molar-refractivity contribution in [2.75, 3.05) is 4.72 Å². The summed E-state index contributed by atoms with van der Waals surface area (Å²) in [7, 11) is -3.91. The molecule has 0 aliphatic rings. The number of anilines is 1. The van der Waals surface area contributed by atoms with Crippen molar-refractivity contribution in [3.8, 4) is 0 Å². The molecule has 0 fully saturated rings. The van der Waals surface area contributed by atoms with E-state index in [9.17, 15) is 13.2 Å². The van der Waals surface area contributed by atoms with Gasteiger partial charge in [0.1, 0.15) is 0 Å². The first-order valence-corrected chi connectivity index (χ1v) is 7.64. The number of nitrogens with zero attached hydrogens (tertiary/aromatic N) is 1. The van der Waals surface area contributed by atoms with Gasteiger partial charge in [-0.25, -0.2) is 13.2 Å². The summed E-state index contributed by atoms with van der Waals surface area (Å²) in [6.45, 7) is 1.77. The fraction of sp³-hybridized carbons (Fsp3) is 0.0769. The van der Waals surface area contributed by atoms with Crippen molar-refractivity contribution >= 4 is 33.3 Å². The van der Waals surface area contributed by atoms with Gasteiger partial charge < -0.3 is 5.11 Å². The molecular weight excluding hydrogens is 316 g/mol. The van der Waals surface area contributed by atoms with Gasteiger partial charge in [0.2, 0.25) is 0 Å². The lowest BCUT2D eigenvalue weighted by atomic mass is 10.2. The fourth-order valence-electron chi connectivity index (χ4n) is 1.58. The van der Waals surface area contributed by atoms with Crippen LogP contribution in [0, 0.1) is 6.92 Å². The number of hydrogen-bond acceptors (Lipinski definition) is 4. The van der Waals surface area contributed by atoms with E-state index < -0.39 is 16.0 Å². The van der Waals surface area contributed by atoms with Crippen LogP contribution in [-0.4, -0.2) is 24.5 Å². The van der Waals surface area contributed by atoms with Crippen LogP contribution < -0.4 is 4.72 Å². The Kier molecular flexibility index (Phi) is 4.15. The van der Waals surface area contributed by atoms with Crippen LogP contribution in [0.2, 0.25) is 5.02 Å². The predicted octanol–water partition coefficient (Wildman–Crippen LogP) is 2.54. The molecule has 6 nitrogen and oxygen atoms in total. The first-order valence-electron chi connectivity index (χ1n) is 5.78. The summed E-state index contributed by atoms with van der Waals surface area (Å²) in [5, 5.41) is 8.94. The van der Waals surface area contributed by atoms with Gasteiger partial charge in [-0.15, -0.1) is 0 Å². The van der Waals surface area contributed by atoms with Crippen LogP contribution in [0.5, 0.6) is 0 Å². The monoisotopic (exact) mass is 326 g/mol. The van der Waals surface area contributed by atoms with Crippen LogP contribution in [0.15, 0.2) is 41.4 Å². The van der Waals surface area contributed by atoms with Gasteiger partial charge in [0.15, 0.2) is 0 Å². The Balaban J connectivity index is 2.38. The molecule has 2 aromatic rings. The molecule has 0 saturated carbocycles. The molecule has 0 amide bonds. The zero-order chi connectivity index (χ0) is 15.6. The van der Waals surface area contributed by atoms with Gasteiger partial charge in [0.05, 0.1) is 27.4 Å². The average Bonchev–Trinajstić information content (AvgIpc) is 2.41. The highest BCUT2D eigenvalue weighted by Gasteiger charge is 2.18. The number of nitrogens with one attached hydrogen (secondary N) is 1. The predicted molar refractivity (Wildman–Crippen MR) is 78.2 cm³/mol. The van der Waals surface area contributed by atoms with Gasteiger partial charge in [-0.05, 0) is 37.3 Å². The van der Waals surface area contributed by atoms with E-state index in [1.165, 1.54) is 18.3 Å². The van der Waals surface area contributed by atoms with Gasteiger partial charge in [-0.1, -0.05) is 11.6 Å². The number of carboxylic acids is 1. The molecule has 0 aliphatic carbocycles. The number of carbonyl (C=O) groups is 1. The number of sulfonamides is 1. The summed E-state index contributed by atoms with van der Waals surface area (Å²) < 4.78 is 26.7. The molecule has 1 heterocycles. The second kappa shape index (κ2) is 5.71. The molecule has 0 atom stereocenters. The van der Waals surface area contributed by atoms with Crippen LogP contribution in [-0.2, 0) is 10.0 Å². The SMILES string of the molecule is Cc1ccc(NS(=O)(=O)c2ccc(Cl)c(C(=O)O)c2)cn1. The van der Waals surface area contributed by atoms with Gasteiger partial charge in [0, 0.05) is 5.69 Å². The van der Waals surface area contributed by atoms with Crippen molar-refractivity contribution in [1.29, 1.82) is 0 Å². The van der Waals surface area contributed by atoms with Gasteiger partial charge in [-0.2, -0.15) is 0 Å². The Morgan fingerprint density at radius 1 is 1.29 bits per heavy atom.